The molecule has 0 aromatic heterocycles. The molecule has 1 heterocycles. The van der Waals surface area contributed by atoms with E-state index in [2.05, 4.69) is 23.6 Å². The molecule has 0 saturated carbocycles. The van der Waals surface area contributed by atoms with Crippen LogP contribution in [0.1, 0.15) is 27.2 Å². The van der Waals surface area contributed by atoms with Gasteiger partial charge in [-0.05, 0) is 20.4 Å². The van der Waals surface area contributed by atoms with Crippen molar-refractivity contribution in [2.45, 2.75) is 33.2 Å². The third kappa shape index (κ3) is 4.10. The number of piperazine rings is 1. The molecule has 1 aliphatic rings. The highest BCUT2D eigenvalue weighted by molar-refractivity contribution is 5.69. The smallest absolute Gasteiger partial charge is 0.307 e. The van der Waals surface area contributed by atoms with Crippen molar-refractivity contribution in [2.24, 2.45) is 0 Å². The van der Waals surface area contributed by atoms with Crippen LogP contribution in [0, 0.1) is 0 Å². The van der Waals surface area contributed by atoms with Crippen LogP contribution >= 0.6 is 0 Å². The lowest BCUT2D eigenvalue weighted by Crippen LogP contribution is -2.51. The van der Waals surface area contributed by atoms with Gasteiger partial charge in [-0.3, -0.25) is 14.6 Å². The van der Waals surface area contributed by atoms with Gasteiger partial charge < -0.3 is 4.74 Å². The van der Waals surface area contributed by atoms with Crippen molar-refractivity contribution < 1.29 is 9.53 Å². The summed E-state index contributed by atoms with van der Waals surface area (Å²) in [5.41, 5.74) is 0. The zero-order valence-corrected chi connectivity index (χ0v) is 10.7. The molecule has 1 rings (SSSR count). The molecular formula is C12H24N2O2. The predicted octanol–water partition coefficient (Wildman–Crippen LogP) is 0.966. The highest BCUT2D eigenvalue weighted by atomic mass is 16.5. The minimum atomic E-state index is -0.0759. The summed E-state index contributed by atoms with van der Waals surface area (Å²) in [6.07, 6.45) is 0.521. The van der Waals surface area contributed by atoms with Crippen LogP contribution in [0.5, 0.6) is 0 Å². The molecule has 0 aromatic carbocycles. The first kappa shape index (κ1) is 13.5. The van der Waals surface area contributed by atoms with Gasteiger partial charge in [-0.2, -0.15) is 0 Å². The van der Waals surface area contributed by atoms with Gasteiger partial charge in [0.05, 0.1) is 13.0 Å². The number of ether oxygens (including phenoxy) is 1. The van der Waals surface area contributed by atoms with E-state index in [0.29, 0.717) is 19.1 Å². The van der Waals surface area contributed by atoms with Crippen molar-refractivity contribution in [1.82, 2.24) is 9.80 Å². The Bertz CT molecular complexity index is 221. The Morgan fingerprint density at radius 3 is 2.69 bits per heavy atom. The lowest BCUT2D eigenvalue weighted by molar-refractivity contribution is -0.143. The van der Waals surface area contributed by atoms with Gasteiger partial charge in [0.1, 0.15) is 0 Å². The largest absolute Gasteiger partial charge is 0.466 e. The molecule has 0 radical (unpaired) electrons. The van der Waals surface area contributed by atoms with E-state index in [1.807, 2.05) is 6.92 Å². The van der Waals surface area contributed by atoms with Gasteiger partial charge in [-0.15, -0.1) is 0 Å². The molecule has 0 amide bonds. The number of rotatable bonds is 5. The summed E-state index contributed by atoms with van der Waals surface area (Å²) in [6.45, 7) is 12.0. The fourth-order valence-electron chi connectivity index (χ4n) is 2.23. The predicted molar refractivity (Wildman–Crippen MR) is 64.4 cm³/mol. The van der Waals surface area contributed by atoms with Crippen LogP contribution in [-0.4, -0.2) is 61.1 Å². The fraction of sp³-hybridized carbons (Fsp3) is 0.917. The molecular weight excluding hydrogens is 204 g/mol. The zero-order valence-electron chi connectivity index (χ0n) is 10.7. The highest BCUT2D eigenvalue weighted by Crippen LogP contribution is 2.09. The summed E-state index contributed by atoms with van der Waals surface area (Å²) < 4.78 is 4.93. The molecule has 1 fully saturated rings. The maximum Gasteiger partial charge on any atom is 0.307 e. The van der Waals surface area contributed by atoms with E-state index < -0.39 is 0 Å². The first-order valence-electron chi connectivity index (χ1n) is 6.29. The van der Waals surface area contributed by atoms with Gasteiger partial charge in [0.2, 0.25) is 0 Å². The van der Waals surface area contributed by atoms with Gasteiger partial charge in [-0.25, -0.2) is 0 Å². The molecule has 0 spiro atoms. The Morgan fingerprint density at radius 1 is 1.38 bits per heavy atom. The average Bonchev–Trinajstić information content (AvgIpc) is 2.27. The first-order valence-corrected chi connectivity index (χ1v) is 6.29. The summed E-state index contributed by atoms with van der Waals surface area (Å²) in [5.74, 6) is -0.0759. The van der Waals surface area contributed by atoms with Crippen LogP contribution in [0.4, 0.5) is 0 Å². The molecule has 16 heavy (non-hydrogen) atoms. The molecule has 1 atom stereocenters. The first-order chi connectivity index (χ1) is 7.67. The van der Waals surface area contributed by atoms with Crippen LogP contribution < -0.4 is 0 Å². The molecule has 0 N–H and O–H groups in total. The standard InChI is InChI=1S/C12H24N2O2/c1-4-14-9-8-13(10-11(14)3)7-6-12(15)16-5-2/h11H,4-10H2,1-3H3. The Hall–Kier alpha value is -0.610. The maximum atomic E-state index is 11.2. The van der Waals surface area contributed by atoms with E-state index in [4.69, 9.17) is 4.74 Å². The maximum absolute atomic E-state index is 11.2. The monoisotopic (exact) mass is 228 g/mol. The lowest BCUT2D eigenvalue weighted by Gasteiger charge is -2.39. The van der Waals surface area contributed by atoms with Crippen molar-refractivity contribution in [3.05, 3.63) is 0 Å². The van der Waals surface area contributed by atoms with Crippen LogP contribution in [0.25, 0.3) is 0 Å². The van der Waals surface area contributed by atoms with Gasteiger partial charge in [0, 0.05) is 32.2 Å². The lowest BCUT2D eigenvalue weighted by atomic mass is 10.2. The molecule has 94 valence electrons. The molecule has 4 nitrogen and oxygen atoms in total. The Kier molecular flexibility index (Phi) is 5.77. The molecule has 1 aliphatic heterocycles. The summed E-state index contributed by atoms with van der Waals surface area (Å²) in [4.78, 5) is 16.1. The second-order valence-corrected chi connectivity index (χ2v) is 4.33. The zero-order chi connectivity index (χ0) is 12.0. The quantitative estimate of drug-likeness (QED) is 0.656. The van der Waals surface area contributed by atoms with Crippen LogP contribution in [0.2, 0.25) is 0 Å². The van der Waals surface area contributed by atoms with Crippen LogP contribution in [-0.2, 0) is 9.53 Å². The van der Waals surface area contributed by atoms with E-state index in [0.717, 1.165) is 32.7 Å². The van der Waals surface area contributed by atoms with E-state index >= 15 is 0 Å². The number of carbonyl (C=O) groups excluding carboxylic acids is 1. The van der Waals surface area contributed by atoms with E-state index in [1.54, 1.807) is 0 Å². The van der Waals surface area contributed by atoms with E-state index in [1.165, 1.54) is 0 Å². The number of nitrogens with zero attached hydrogens (tertiary/aromatic N) is 2. The molecule has 4 heteroatoms. The number of esters is 1. The van der Waals surface area contributed by atoms with Gasteiger partial charge in [0.15, 0.2) is 0 Å². The minimum Gasteiger partial charge on any atom is -0.466 e. The molecule has 0 aliphatic carbocycles. The van der Waals surface area contributed by atoms with Crippen molar-refractivity contribution in [3.63, 3.8) is 0 Å². The minimum absolute atomic E-state index is 0.0759. The topological polar surface area (TPSA) is 32.8 Å². The summed E-state index contributed by atoms with van der Waals surface area (Å²) >= 11 is 0. The third-order valence-electron chi connectivity index (χ3n) is 3.19. The van der Waals surface area contributed by atoms with E-state index in [-0.39, 0.29) is 5.97 Å². The van der Waals surface area contributed by atoms with Crippen molar-refractivity contribution in [2.75, 3.05) is 39.3 Å². The molecule has 1 unspecified atom stereocenters. The number of likely N-dealkylation sites (N-methyl/N-ethyl adjacent to an activating group) is 1. The second kappa shape index (κ2) is 6.86. The van der Waals surface area contributed by atoms with Crippen LogP contribution in [0.3, 0.4) is 0 Å². The van der Waals surface area contributed by atoms with E-state index in [9.17, 15) is 4.79 Å². The second-order valence-electron chi connectivity index (χ2n) is 4.33. The number of hydrogen-bond acceptors (Lipinski definition) is 4. The third-order valence-corrected chi connectivity index (χ3v) is 3.19. The molecule has 0 aromatic rings. The number of carbonyl (C=O) groups is 1. The van der Waals surface area contributed by atoms with Crippen LogP contribution in [0.15, 0.2) is 0 Å². The van der Waals surface area contributed by atoms with Crippen molar-refractivity contribution in [1.29, 1.82) is 0 Å². The van der Waals surface area contributed by atoms with Gasteiger partial charge >= 0.3 is 5.97 Å². The summed E-state index contributed by atoms with van der Waals surface area (Å²) in [6, 6.07) is 0.598. The van der Waals surface area contributed by atoms with Gasteiger partial charge in [0.25, 0.3) is 0 Å². The SMILES string of the molecule is CCOC(=O)CCN1CCN(CC)C(C)C1. The fourth-order valence-corrected chi connectivity index (χ4v) is 2.23. The molecule has 1 saturated heterocycles. The average molecular weight is 228 g/mol. The number of hydrogen-bond donors (Lipinski definition) is 0. The Balaban J connectivity index is 2.22. The molecule has 0 bridgehead atoms. The Morgan fingerprint density at radius 2 is 2.12 bits per heavy atom. The normalized spacial score (nSPS) is 23.3. The van der Waals surface area contributed by atoms with Crippen molar-refractivity contribution in [3.8, 4) is 0 Å². The summed E-state index contributed by atoms with van der Waals surface area (Å²) in [5, 5.41) is 0. The summed E-state index contributed by atoms with van der Waals surface area (Å²) in [7, 11) is 0. The Labute approximate surface area is 98.5 Å². The van der Waals surface area contributed by atoms with Crippen molar-refractivity contribution >= 4 is 5.97 Å². The highest BCUT2D eigenvalue weighted by Gasteiger charge is 2.22. The van der Waals surface area contributed by atoms with Gasteiger partial charge in [-0.1, -0.05) is 6.92 Å².